The predicted molar refractivity (Wildman–Crippen MR) is 79.8 cm³/mol. The van der Waals surface area contributed by atoms with Crippen LogP contribution < -0.4 is 5.32 Å². The van der Waals surface area contributed by atoms with Gasteiger partial charge in [0.05, 0.1) is 0 Å². The van der Waals surface area contributed by atoms with Gasteiger partial charge in [-0.25, -0.2) is 0 Å². The molecule has 0 aliphatic heterocycles. The monoisotopic (exact) mass is 278 g/mol. The van der Waals surface area contributed by atoms with Gasteiger partial charge in [0.1, 0.15) is 5.69 Å². The maximum Gasteiger partial charge on any atom is 0.267 e. The van der Waals surface area contributed by atoms with Crippen LogP contribution in [0.4, 0.5) is 0 Å². The van der Waals surface area contributed by atoms with E-state index in [1.807, 2.05) is 18.3 Å². The zero-order valence-electron chi connectivity index (χ0n) is 12.6. The molecular formula is C16H26N2O2. The molecule has 1 aliphatic carbocycles. The van der Waals surface area contributed by atoms with E-state index in [1.165, 1.54) is 19.3 Å². The number of aliphatic hydroxyl groups excluding tert-OH is 1. The Morgan fingerprint density at radius 1 is 1.50 bits per heavy atom. The van der Waals surface area contributed by atoms with Crippen molar-refractivity contribution in [1.29, 1.82) is 0 Å². The maximum atomic E-state index is 12.3. The number of nitrogens with zero attached hydrogens (tertiary/aromatic N) is 1. The minimum absolute atomic E-state index is 0.0129. The SMILES string of the molecule is CC(C)(CCCO)CNC(=O)c1cccn1C1CCC1. The maximum absolute atomic E-state index is 12.3. The number of carbonyl (C=O) groups is 1. The van der Waals surface area contributed by atoms with E-state index in [0.29, 0.717) is 12.6 Å². The van der Waals surface area contributed by atoms with E-state index in [2.05, 4.69) is 23.7 Å². The van der Waals surface area contributed by atoms with E-state index in [9.17, 15) is 4.79 Å². The third-order valence-corrected chi connectivity index (χ3v) is 4.22. The van der Waals surface area contributed by atoms with Crippen molar-refractivity contribution in [1.82, 2.24) is 9.88 Å². The first-order chi connectivity index (χ1) is 9.53. The topological polar surface area (TPSA) is 54.3 Å². The fourth-order valence-corrected chi connectivity index (χ4v) is 2.63. The minimum atomic E-state index is 0.0129. The van der Waals surface area contributed by atoms with Gasteiger partial charge in [0.15, 0.2) is 0 Å². The Kier molecular flexibility index (Phi) is 4.86. The molecule has 1 saturated carbocycles. The molecule has 1 fully saturated rings. The van der Waals surface area contributed by atoms with Crippen LogP contribution in [-0.2, 0) is 0 Å². The molecule has 0 aromatic carbocycles. The average Bonchev–Trinajstić information content (AvgIpc) is 2.80. The zero-order valence-corrected chi connectivity index (χ0v) is 12.6. The van der Waals surface area contributed by atoms with Crippen LogP contribution in [-0.4, -0.2) is 28.7 Å². The lowest BCUT2D eigenvalue weighted by Crippen LogP contribution is -2.35. The van der Waals surface area contributed by atoms with Crippen molar-refractivity contribution in [2.45, 2.75) is 52.0 Å². The van der Waals surface area contributed by atoms with Crippen molar-refractivity contribution in [3.63, 3.8) is 0 Å². The number of aromatic nitrogens is 1. The Morgan fingerprint density at radius 2 is 2.25 bits per heavy atom. The largest absolute Gasteiger partial charge is 0.396 e. The Bertz CT molecular complexity index is 447. The van der Waals surface area contributed by atoms with E-state index < -0.39 is 0 Å². The summed E-state index contributed by atoms with van der Waals surface area (Å²) in [6, 6.07) is 4.35. The molecule has 1 aromatic heterocycles. The summed E-state index contributed by atoms with van der Waals surface area (Å²) in [6.45, 7) is 5.09. The molecule has 0 radical (unpaired) electrons. The molecule has 0 saturated heterocycles. The van der Waals surface area contributed by atoms with Gasteiger partial charge in [0.25, 0.3) is 5.91 Å². The van der Waals surface area contributed by atoms with Gasteiger partial charge in [-0.1, -0.05) is 13.8 Å². The summed E-state index contributed by atoms with van der Waals surface area (Å²) in [6.07, 6.45) is 7.32. The molecule has 1 heterocycles. The molecule has 0 atom stereocenters. The first-order valence-corrected chi connectivity index (χ1v) is 7.59. The molecule has 1 amide bonds. The molecule has 2 N–H and O–H groups in total. The second-order valence-corrected chi connectivity index (χ2v) is 6.56. The number of hydrogen-bond acceptors (Lipinski definition) is 2. The van der Waals surface area contributed by atoms with Crippen molar-refractivity contribution in [2.24, 2.45) is 5.41 Å². The van der Waals surface area contributed by atoms with E-state index in [-0.39, 0.29) is 17.9 Å². The number of aliphatic hydroxyl groups is 1. The van der Waals surface area contributed by atoms with Gasteiger partial charge < -0.3 is 15.0 Å². The van der Waals surface area contributed by atoms with Gasteiger partial charge in [-0.15, -0.1) is 0 Å². The van der Waals surface area contributed by atoms with E-state index in [1.54, 1.807) is 0 Å². The third kappa shape index (κ3) is 3.63. The molecule has 4 heteroatoms. The van der Waals surface area contributed by atoms with Gasteiger partial charge >= 0.3 is 0 Å². The van der Waals surface area contributed by atoms with Gasteiger partial charge in [0, 0.05) is 25.4 Å². The Morgan fingerprint density at radius 3 is 2.85 bits per heavy atom. The average molecular weight is 278 g/mol. The summed E-state index contributed by atoms with van der Waals surface area (Å²) in [5.41, 5.74) is 0.791. The van der Waals surface area contributed by atoms with Crippen LogP contribution in [0.25, 0.3) is 0 Å². The summed E-state index contributed by atoms with van der Waals surface area (Å²) in [5.74, 6) is 0.0129. The van der Waals surface area contributed by atoms with Crippen LogP contribution in [0.3, 0.4) is 0 Å². The highest BCUT2D eigenvalue weighted by Gasteiger charge is 2.24. The fourth-order valence-electron chi connectivity index (χ4n) is 2.63. The first-order valence-electron chi connectivity index (χ1n) is 7.59. The van der Waals surface area contributed by atoms with E-state index in [0.717, 1.165) is 18.5 Å². The second kappa shape index (κ2) is 6.44. The summed E-state index contributed by atoms with van der Waals surface area (Å²) in [4.78, 5) is 12.3. The minimum Gasteiger partial charge on any atom is -0.396 e. The lowest BCUT2D eigenvalue weighted by molar-refractivity contribution is 0.0918. The molecule has 2 rings (SSSR count). The number of hydrogen-bond donors (Lipinski definition) is 2. The quantitative estimate of drug-likeness (QED) is 0.805. The van der Waals surface area contributed by atoms with Crippen LogP contribution in [0, 0.1) is 5.41 Å². The number of carbonyl (C=O) groups excluding carboxylic acids is 1. The fraction of sp³-hybridized carbons (Fsp3) is 0.688. The summed E-state index contributed by atoms with van der Waals surface area (Å²) in [7, 11) is 0. The van der Waals surface area contributed by atoms with Crippen LogP contribution in [0.1, 0.15) is 62.5 Å². The highest BCUT2D eigenvalue weighted by Crippen LogP contribution is 2.32. The molecular weight excluding hydrogens is 252 g/mol. The van der Waals surface area contributed by atoms with Gasteiger partial charge in [-0.3, -0.25) is 4.79 Å². The number of amides is 1. The molecule has 1 aliphatic rings. The smallest absolute Gasteiger partial charge is 0.267 e. The Balaban J connectivity index is 1.90. The van der Waals surface area contributed by atoms with Crippen molar-refractivity contribution in [3.8, 4) is 0 Å². The van der Waals surface area contributed by atoms with Gasteiger partial charge in [-0.05, 0) is 49.7 Å². The molecule has 1 aromatic rings. The van der Waals surface area contributed by atoms with Crippen LogP contribution in [0.2, 0.25) is 0 Å². The summed E-state index contributed by atoms with van der Waals surface area (Å²) < 4.78 is 2.11. The summed E-state index contributed by atoms with van der Waals surface area (Å²) >= 11 is 0. The molecule has 4 nitrogen and oxygen atoms in total. The molecule has 0 bridgehead atoms. The molecule has 0 spiro atoms. The second-order valence-electron chi connectivity index (χ2n) is 6.56. The number of rotatable bonds is 7. The van der Waals surface area contributed by atoms with Crippen molar-refractivity contribution < 1.29 is 9.90 Å². The highest BCUT2D eigenvalue weighted by molar-refractivity contribution is 5.92. The van der Waals surface area contributed by atoms with E-state index in [4.69, 9.17) is 5.11 Å². The molecule has 0 unspecified atom stereocenters. The van der Waals surface area contributed by atoms with Gasteiger partial charge in [-0.2, -0.15) is 0 Å². The lowest BCUT2D eigenvalue weighted by atomic mass is 9.88. The Hall–Kier alpha value is -1.29. The molecule has 112 valence electrons. The van der Waals surface area contributed by atoms with Gasteiger partial charge in [0.2, 0.25) is 0 Å². The van der Waals surface area contributed by atoms with Crippen LogP contribution in [0.15, 0.2) is 18.3 Å². The normalized spacial score (nSPS) is 15.9. The van der Waals surface area contributed by atoms with Crippen LogP contribution in [0.5, 0.6) is 0 Å². The first kappa shape index (κ1) is 15.1. The standard InChI is InChI=1S/C16H26N2O2/c1-16(2,9-5-11-19)12-17-15(20)14-8-4-10-18(14)13-6-3-7-13/h4,8,10,13,19H,3,5-7,9,11-12H2,1-2H3,(H,17,20). The summed E-state index contributed by atoms with van der Waals surface area (Å²) in [5, 5.41) is 11.9. The Labute approximate surface area is 121 Å². The predicted octanol–water partition coefficient (Wildman–Crippen LogP) is 2.74. The van der Waals surface area contributed by atoms with Crippen molar-refractivity contribution in [2.75, 3.05) is 13.2 Å². The van der Waals surface area contributed by atoms with E-state index >= 15 is 0 Å². The van der Waals surface area contributed by atoms with Crippen molar-refractivity contribution >= 4 is 5.91 Å². The lowest BCUT2D eigenvalue weighted by Gasteiger charge is -2.29. The zero-order chi connectivity index (χ0) is 14.6. The molecule has 20 heavy (non-hydrogen) atoms. The number of nitrogens with one attached hydrogen (secondary N) is 1. The third-order valence-electron chi connectivity index (χ3n) is 4.22. The highest BCUT2D eigenvalue weighted by atomic mass is 16.2. The van der Waals surface area contributed by atoms with Crippen molar-refractivity contribution in [3.05, 3.63) is 24.0 Å². The van der Waals surface area contributed by atoms with Crippen LogP contribution >= 0.6 is 0 Å².